The first-order valence-corrected chi connectivity index (χ1v) is 7.00. The van der Waals surface area contributed by atoms with Crippen LogP contribution >= 0.6 is 0 Å². The van der Waals surface area contributed by atoms with E-state index in [4.69, 9.17) is 4.74 Å². The lowest BCUT2D eigenvalue weighted by molar-refractivity contribution is -0.0198. The molecular formula is C14H29NO. The van der Waals surface area contributed by atoms with Crippen LogP contribution in [-0.2, 0) is 4.74 Å². The molecule has 0 amide bonds. The Morgan fingerprint density at radius 2 is 1.94 bits per heavy atom. The fraction of sp³-hybridized carbons (Fsp3) is 1.00. The molecule has 1 saturated carbocycles. The van der Waals surface area contributed by atoms with Gasteiger partial charge in [-0.1, -0.05) is 40.5 Å². The Labute approximate surface area is 101 Å². The molecule has 0 aromatic rings. The highest BCUT2D eigenvalue weighted by molar-refractivity contribution is 4.75. The van der Waals surface area contributed by atoms with Crippen molar-refractivity contribution in [2.24, 2.45) is 11.8 Å². The van der Waals surface area contributed by atoms with Crippen molar-refractivity contribution in [3.8, 4) is 0 Å². The van der Waals surface area contributed by atoms with Gasteiger partial charge in [0, 0.05) is 6.04 Å². The molecule has 0 bridgehead atoms. The minimum Gasteiger partial charge on any atom is -0.376 e. The van der Waals surface area contributed by atoms with Crippen LogP contribution in [0.3, 0.4) is 0 Å². The van der Waals surface area contributed by atoms with Gasteiger partial charge in [-0.25, -0.2) is 0 Å². The lowest BCUT2D eigenvalue weighted by Crippen LogP contribution is -2.40. The van der Waals surface area contributed by atoms with Crippen LogP contribution in [0.5, 0.6) is 0 Å². The van der Waals surface area contributed by atoms with Gasteiger partial charge >= 0.3 is 0 Å². The molecule has 0 spiro atoms. The molecule has 1 fully saturated rings. The van der Waals surface area contributed by atoms with E-state index in [9.17, 15) is 0 Å². The maximum absolute atomic E-state index is 6.11. The summed E-state index contributed by atoms with van der Waals surface area (Å²) >= 11 is 0. The third-order valence-corrected chi connectivity index (χ3v) is 3.79. The lowest BCUT2D eigenvalue weighted by Gasteiger charge is -2.31. The molecule has 3 unspecified atom stereocenters. The van der Waals surface area contributed by atoms with Gasteiger partial charge in [0.2, 0.25) is 0 Å². The first-order valence-electron chi connectivity index (χ1n) is 7.00. The first kappa shape index (κ1) is 14.0. The third-order valence-electron chi connectivity index (χ3n) is 3.79. The Balaban J connectivity index is 2.29. The van der Waals surface area contributed by atoms with Crippen LogP contribution in [0.2, 0.25) is 0 Å². The highest BCUT2D eigenvalue weighted by atomic mass is 16.5. The van der Waals surface area contributed by atoms with E-state index in [1.165, 1.54) is 25.7 Å². The van der Waals surface area contributed by atoms with Crippen LogP contribution in [0.4, 0.5) is 0 Å². The number of ether oxygens (including phenoxy) is 1. The predicted molar refractivity (Wildman–Crippen MR) is 69.7 cm³/mol. The summed E-state index contributed by atoms with van der Waals surface area (Å²) in [5, 5.41) is 3.51. The Bertz CT molecular complexity index is 178. The molecule has 0 radical (unpaired) electrons. The molecule has 0 saturated heterocycles. The highest BCUT2D eigenvalue weighted by Crippen LogP contribution is 2.26. The molecule has 16 heavy (non-hydrogen) atoms. The molecule has 0 aliphatic heterocycles. The van der Waals surface area contributed by atoms with Crippen molar-refractivity contribution in [3.05, 3.63) is 0 Å². The zero-order valence-electron chi connectivity index (χ0n) is 11.5. The average molecular weight is 227 g/mol. The standard InChI is InChI=1S/C14H29NO/c1-5-15-13(11(2)3)10-16-14-9-7-6-8-12(14)4/h11-15H,5-10H2,1-4H3. The van der Waals surface area contributed by atoms with Gasteiger partial charge in [-0.15, -0.1) is 0 Å². The summed E-state index contributed by atoms with van der Waals surface area (Å²) in [6.07, 6.45) is 5.86. The van der Waals surface area contributed by atoms with Crippen LogP contribution in [0.15, 0.2) is 0 Å². The quantitative estimate of drug-likeness (QED) is 0.752. The summed E-state index contributed by atoms with van der Waals surface area (Å²) in [4.78, 5) is 0. The molecular weight excluding hydrogens is 198 g/mol. The molecule has 2 heteroatoms. The van der Waals surface area contributed by atoms with Crippen LogP contribution in [0.1, 0.15) is 53.4 Å². The molecule has 1 aliphatic rings. The van der Waals surface area contributed by atoms with Crippen LogP contribution in [0, 0.1) is 11.8 Å². The molecule has 3 atom stereocenters. The van der Waals surface area contributed by atoms with Crippen molar-refractivity contribution in [2.75, 3.05) is 13.2 Å². The Morgan fingerprint density at radius 1 is 1.25 bits per heavy atom. The summed E-state index contributed by atoms with van der Waals surface area (Å²) in [6.45, 7) is 10.9. The van der Waals surface area contributed by atoms with E-state index in [0.29, 0.717) is 18.1 Å². The van der Waals surface area contributed by atoms with Gasteiger partial charge in [0.15, 0.2) is 0 Å². The summed E-state index contributed by atoms with van der Waals surface area (Å²) < 4.78 is 6.11. The van der Waals surface area contributed by atoms with E-state index in [0.717, 1.165) is 19.1 Å². The molecule has 96 valence electrons. The average Bonchev–Trinajstić information content (AvgIpc) is 2.26. The van der Waals surface area contributed by atoms with Crippen LogP contribution in [-0.4, -0.2) is 25.3 Å². The molecule has 0 aromatic carbocycles. The van der Waals surface area contributed by atoms with Gasteiger partial charge in [0.25, 0.3) is 0 Å². The normalized spacial score (nSPS) is 28.3. The monoisotopic (exact) mass is 227 g/mol. The van der Waals surface area contributed by atoms with Crippen molar-refractivity contribution in [3.63, 3.8) is 0 Å². The molecule has 0 aromatic heterocycles. The number of rotatable bonds is 6. The summed E-state index contributed by atoms with van der Waals surface area (Å²) in [6, 6.07) is 0.513. The SMILES string of the molecule is CCNC(COC1CCCCC1C)C(C)C. The minimum atomic E-state index is 0.508. The molecule has 0 heterocycles. The van der Waals surface area contributed by atoms with Crippen molar-refractivity contribution in [1.29, 1.82) is 0 Å². The Morgan fingerprint density at radius 3 is 2.50 bits per heavy atom. The smallest absolute Gasteiger partial charge is 0.0626 e. The first-order chi connectivity index (χ1) is 7.65. The Kier molecular flexibility index (Phi) is 6.37. The van der Waals surface area contributed by atoms with Gasteiger partial charge in [0.05, 0.1) is 12.7 Å². The van der Waals surface area contributed by atoms with Gasteiger partial charge in [0.1, 0.15) is 0 Å². The summed E-state index contributed by atoms with van der Waals surface area (Å²) in [7, 11) is 0. The topological polar surface area (TPSA) is 21.3 Å². The van der Waals surface area contributed by atoms with Gasteiger partial charge < -0.3 is 10.1 Å². The second kappa shape index (κ2) is 7.29. The third kappa shape index (κ3) is 4.42. The second-order valence-electron chi connectivity index (χ2n) is 5.54. The van der Waals surface area contributed by atoms with E-state index in [1.54, 1.807) is 0 Å². The lowest BCUT2D eigenvalue weighted by atomic mass is 9.88. The second-order valence-corrected chi connectivity index (χ2v) is 5.54. The van der Waals surface area contributed by atoms with Crippen LogP contribution < -0.4 is 5.32 Å². The molecule has 1 N–H and O–H groups in total. The van der Waals surface area contributed by atoms with E-state index in [2.05, 4.69) is 33.0 Å². The number of hydrogen-bond donors (Lipinski definition) is 1. The van der Waals surface area contributed by atoms with Crippen molar-refractivity contribution >= 4 is 0 Å². The zero-order chi connectivity index (χ0) is 12.0. The van der Waals surface area contributed by atoms with Gasteiger partial charge in [-0.05, 0) is 31.2 Å². The molecule has 2 nitrogen and oxygen atoms in total. The number of likely N-dealkylation sites (N-methyl/N-ethyl adjacent to an activating group) is 1. The van der Waals surface area contributed by atoms with Gasteiger partial charge in [-0.2, -0.15) is 0 Å². The number of nitrogens with one attached hydrogen (secondary N) is 1. The van der Waals surface area contributed by atoms with E-state index >= 15 is 0 Å². The van der Waals surface area contributed by atoms with Gasteiger partial charge in [-0.3, -0.25) is 0 Å². The van der Waals surface area contributed by atoms with E-state index < -0.39 is 0 Å². The maximum atomic E-state index is 6.11. The van der Waals surface area contributed by atoms with Crippen molar-refractivity contribution in [1.82, 2.24) is 5.32 Å². The maximum Gasteiger partial charge on any atom is 0.0626 e. The largest absolute Gasteiger partial charge is 0.376 e. The summed E-state index contributed by atoms with van der Waals surface area (Å²) in [5.74, 6) is 1.40. The Hall–Kier alpha value is -0.0800. The van der Waals surface area contributed by atoms with E-state index in [-0.39, 0.29) is 0 Å². The highest BCUT2D eigenvalue weighted by Gasteiger charge is 2.23. The zero-order valence-corrected chi connectivity index (χ0v) is 11.5. The minimum absolute atomic E-state index is 0.508. The fourth-order valence-electron chi connectivity index (χ4n) is 2.51. The molecule has 1 rings (SSSR count). The van der Waals surface area contributed by atoms with Crippen LogP contribution in [0.25, 0.3) is 0 Å². The summed E-state index contributed by atoms with van der Waals surface area (Å²) in [5.41, 5.74) is 0. The van der Waals surface area contributed by atoms with Crippen molar-refractivity contribution in [2.45, 2.75) is 65.5 Å². The molecule has 1 aliphatic carbocycles. The number of hydrogen-bond acceptors (Lipinski definition) is 2. The predicted octanol–water partition coefficient (Wildman–Crippen LogP) is 3.22. The van der Waals surface area contributed by atoms with Crippen molar-refractivity contribution < 1.29 is 4.74 Å². The fourth-order valence-corrected chi connectivity index (χ4v) is 2.51. The van der Waals surface area contributed by atoms with E-state index in [1.807, 2.05) is 0 Å².